The minimum absolute atomic E-state index is 0.0531. The van der Waals surface area contributed by atoms with Crippen LogP contribution >= 0.6 is 27.7 Å². The van der Waals surface area contributed by atoms with Gasteiger partial charge in [-0.1, -0.05) is 22.0 Å². The molecule has 28 heavy (non-hydrogen) atoms. The van der Waals surface area contributed by atoms with Gasteiger partial charge in [0.25, 0.3) is 0 Å². The molecule has 2 N–H and O–H groups in total. The minimum atomic E-state index is -0.983. The quantitative estimate of drug-likeness (QED) is 0.406. The topological polar surface area (TPSA) is 98.2 Å². The summed E-state index contributed by atoms with van der Waals surface area (Å²) in [6.07, 6.45) is 2.59. The first-order valence-corrected chi connectivity index (χ1v) is 11.4. The molecule has 0 aromatic rings. The van der Waals surface area contributed by atoms with Crippen LogP contribution in [0.15, 0.2) is 12.7 Å². The van der Waals surface area contributed by atoms with Crippen LogP contribution in [0.1, 0.15) is 26.7 Å². The summed E-state index contributed by atoms with van der Waals surface area (Å²) in [7, 11) is 0. The van der Waals surface area contributed by atoms with Crippen LogP contribution < -0.4 is 0 Å². The van der Waals surface area contributed by atoms with Crippen LogP contribution in [-0.2, 0) is 14.4 Å². The summed E-state index contributed by atoms with van der Waals surface area (Å²) < 4.78 is -0.750. The molecule has 3 saturated heterocycles. The lowest BCUT2D eigenvalue weighted by Gasteiger charge is -2.38. The Bertz CT molecular complexity index is 689. The third kappa shape index (κ3) is 3.10. The number of hydrogen-bond donors (Lipinski definition) is 2. The molecule has 0 aromatic heterocycles. The standard InChI is InChI=1S/C19H27BrN2O5S/c1-4-6-21(10(2)3)17(25)15-19-9-11(20)14(28-19)12(18(26)27)13(19)16(24)22(15)7-5-8-23/h4,10-15,23H,1,5-9H2,2-3H3,(H,26,27)/t11?,12-,13-,14-,15?,19?/m0/s1. The number of aliphatic carboxylic acids is 1. The van der Waals surface area contributed by atoms with E-state index in [-0.39, 0.29) is 41.1 Å². The molecule has 2 bridgehead atoms. The number of aliphatic hydroxyl groups is 1. The Balaban J connectivity index is 2.06. The molecule has 3 heterocycles. The van der Waals surface area contributed by atoms with Gasteiger partial charge in [-0.05, 0) is 26.7 Å². The predicted molar refractivity (Wildman–Crippen MR) is 110 cm³/mol. The molecule has 2 amide bonds. The predicted octanol–water partition coefficient (Wildman–Crippen LogP) is 1.34. The van der Waals surface area contributed by atoms with Gasteiger partial charge in [-0.25, -0.2) is 0 Å². The molecular weight excluding hydrogens is 448 g/mol. The molecule has 0 radical (unpaired) electrons. The number of nitrogens with zero attached hydrogens (tertiary/aromatic N) is 2. The number of fused-ring (bicyclic) bond motifs is 1. The van der Waals surface area contributed by atoms with Gasteiger partial charge in [-0.3, -0.25) is 14.4 Å². The smallest absolute Gasteiger partial charge is 0.308 e. The first kappa shape index (κ1) is 21.6. The Morgan fingerprint density at radius 1 is 1.50 bits per heavy atom. The van der Waals surface area contributed by atoms with Crippen molar-refractivity contribution in [1.82, 2.24) is 9.80 Å². The number of alkyl halides is 1. The van der Waals surface area contributed by atoms with Crippen molar-refractivity contribution in [3.63, 3.8) is 0 Å². The Labute approximate surface area is 177 Å². The van der Waals surface area contributed by atoms with Gasteiger partial charge >= 0.3 is 5.97 Å². The molecule has 7 nitrogen and oxygen atoms in total. The number of thioether (sulfide) groups is 1. The van der Waals surface area contributed by atoms with Crippen molar-refractivity contribution < 1.29 is 24.6 Å². The number of hydrogen-bond acceptors (Lipinski definition) is 5. The van der Waals surface area contributed by atoms with Crippen molar-refractivity contribution in [3.05, 3.63) is 12.7 Å². The highest BCUT2D eigenvalue weighted by atomic mass is 79.9. The first-order valence-electron chi connectivity index (χ1n) is 9.58. The van der Waals surface area contributed by atoms with Crippen LogP contribution in [-0.4, -0.2) is 84.4 Å². The molecule has 0 saturated carbocycles. The van der Waals surface area contributed by atoms with Crippen LogP contribution in [0, 0.1) is 11.8 Å². The van der Waals surface area contributed by atoms with Crippen LogP contribution in [0.3, 0.4) is 0 Å². The Morgan fingerprint density at radius 2 is 2.18 bits per heavy atom. The van der Waals surface area contributed by atoms with E-state index in [1.54, 1.807) is 11.0 Å². The summed E-state index contributed by atoms with van der Waals surface area (Å²) in [6.45, 7) is 8.08. The lowest BCUT2D eigenvalue weighted by Crippen LogP contribution is -2.56. The molecule has 3 aliphatic rings. The zero-order valence-corrected chi connectivity index (χ0v) is 18.5. The zero-order chi connectivity index (χ0) is 20.8. The number of halogens is 1. The van der Waals surface area contributed by atoms with E-state index in [1.807, 2.05) is 13.8 Å². The van der Waals surface area contributed by atoms with Gasteiger partial charge in [0.1, 0.15) is 6.04 Å². The number of amides is 2. The van der Waals surface area contributed by atoms with E-state index in [0.29, 0.717) is 19.4 Å². The lowest BCUT2D eigenvalue weighted by molar-refractivity contribution is -0.148. The maximum atomic E-state index is 13.7. The SMILES string of the molecule is C=CCN(C(=O)C1N(CCCO)C(=O)[C@@H]2[C@H](C(=O)O)[C@H]3SC12CC3Br)C(C)C. The Hall–Kier alpha value is -1.06. The number of carbonyl (C=O) groups excluding carboxylic acids is 2. The average Bonchev–Trinajstić information content (AvgIpc) is 3.20. The zero-order valence-electron chi connectivity index (χ0n) is 16.1. The van der Waals surface area contributed by atoms with E-state index in [9.17, 15) is 24.6 Å². The van der Waals surface area contributed by atoms with Crippen molar-refractivity contribution in [2.24, 2.45) is 11.8 Å². The van der Waals surface area contributed by atoms with Crippen LogP contribution in [0.4, 0.5) is 0 Å². The number of carboxylic acid groups (broad SMARTS) is 1. The largest absolute Gasteiger partial charge is 0.481 e. The fourth-order valence-electron chi connectivity index (χ4n) is 5.02. The van der Waals surface area contributed by atoms with Crippen molar-refractivity contribution in [3.8, 4) is 0 Å². The molecule has 1 spiro atoms. The molecule has 156 valence electrons. The maximum absolute atomic E-state index is 13.7. The third-order valence-corrected chi connectivity index (χ3v) is 9.32. The molecule has 3 aliphatic heterocycles. The van der Waals surface area contributed by atoms with Crippen LogP contribution in [0.5, 0.6) is 0 Å². The lowest BCUT2D eigenvalue weighted by atomic mass is 9.71. The highest BCUT2D eigenvalue weighted by molar-refractivity contribution is 9.09. The molecular formula is C19H27BrN2O5S. The summed E-state index contributed by atoms with van der Waals surface area (Å²) in [5.41, 5.74) is 0. The summed E-state index contributed by atoms with van der Waals surface area (Å²) in [4.78, 5) is 42.2. The normalized spacial score (nSPS) is 36.1. The van der Waals surface area contributed by atoms with Crippen molar-refractivity contribution >= 4 is 45.5 Å². The van der Waals surface area contributed by atoms with Gasteiger partial charge in [0, 0.05) is 35.8 Å². The highest BCUT2D eigenvalue weighted by Gasteiger charge is 2.75. The number of likely N-dealkylation sites (tertiary alicyclic amines) is 1. The Morgan fingerprint density at radius 3 is 2.71 bits per heavy atom. The van der Waals surface area contributed by atoms with Crippen LogP contribution in [0.25, 0.3) is 0 Å². The molecule has 6 atom stereocenters. The van der Waals surface area contributed by atoms with E-state index in [4.69, 9.17) is 0 Å². The monoisotopic (exact) mass is 474 g/mol. The average molecular weight is 475 g/mol. The molecule has 9 heteroatoms. The fourth-order valence-corrected chi connectivity index (χ4v) is 8.62. The van der Waals surface area contributed by atoms with E-state index in [0.717, 1.165) is 0 Å². The number of carbonyl (C=O) groups is 3. The van der Waals surface area contributed by atoms with E-state index in [2.05, 4.69) is 22.5 Å². The van der Waals surface area contributed by atoms with Gasteiger partial charge in [0.15, 0.2) is 0 Å². The van der Waals surface area contributed by atoms with Crippen molar-refractivity contribution in [2.75, 3.05) is 19.7 Å². The maximum Gasteiger partial charge on any atom is 0.308 e. The summed E-state index contributed by atoms with van der Waals surface area (Å²) >= 11 is 5.10. The number of rotatable bonds is 8. The first-order chi connectivity index (χ1) is 13.2. The van der Waals surface area contributed by atoms with E-state index in [1.165, 1.54) is 16.7 Å². The van der Waals surface area contributed by atoms with Gasteiger partial charge in [0.05, 0.1) is 16.6 Å². The second-order valence-electron chi connectivity index (χ2n) is 7.98. The van der Waals surface area contributed by atoms with Gasteiger partial charge in [0.2, 0.25) is 11.8 Å². The van der Waals surface area contributed by atoms with Crippen molar-refractivity contribution in [2.45, 2.75) is 53.6 Å². The second-order valence-corrected chi connectivity index (χ2v) is 10.7. The highest BCUT2D eigenvalue weighted by Crippen LogP contribution is 2.67. The summed E-state index contributed by atoms with van der Waals surface area (Å²) in [5, 5.41) is 18.9. The van der Waals surface area contributed by atoms with Gasteiger partial charge in [-0.2, -0.15) is 0 Å². The summed E-state index contributed by atoms with van der Waals surface area (Å²) in [5.74, 6) is -2.93. The molecule has 0 aliphatic carbocycles. The molecule has 0 aromatic carbocycles. The second kappa shape index (κ2) is 7.99. The molecule has 3 fully saturated rings. The van der Waals surface area contributed by atoms with Gasteiger partial charge < -0.3 is 20.0 Å². The molecule has 3 rings (SSSR count). The number of aliphatic hydroxyl groups excluding tert-OH is 1. The fraction of sp³-hybridized carbons (Fsp3) is 0.737. The third-order valence-electron chi connectivity index (χ3n) is 6.10. The summed E-state index contributed by atoms with van der Waals surface area (Å²) in [6, 6.07) is -0.798. The Kier molecular flexibility index (Phi) is 6.18. The minimum Gasteiger partial charge on any atom is -0.481 e. The van der Waals surface area contributed by atoms with Crippen molar-refractivity contribution in [1.29, 1.82) is 0 Å². The van der Waals surface area contributed by atoms with E-state index < -0.39 is 28.6 Å². The van der Waals surface area contributed by atoms with E-state index >= 15 is 0 Å². The van der Waals surface area contributed by atoms with Gasteiger partial charge in [-0.15, -0.1) is 18.3 Å². The molecule has 3 unspecified atom stereocenters. The number of carboxylic acids is 1. The van der Waals surface area contributed by atoms with Crippen LogP contribution in [0.2, 0.25) is 0 Å².